The van der Waals surface area contributed by atoms with Crippen LogP contribution < -0.4 is 0 Å². The highest BCUT2D eigenvalue weighted by molar-refractivity contribution is 5.48. The molecule has 3 heteroatoms. The molecule has 2 aromatic heterocycles. The van der Waals surface area contributed by atoms with Crippen LogP contribution in [0.25, 0.3) is 5.52 Å². The average molecular weight is 175 g/mol. The highest BCUT2D eigenvalue weighted by Gasteiger charge is 2.01. The third-order valence-electron chi connectivity index (χ3n) is 2.03. The first kappa shape index (κ1) is 8.26. The monoisotopic (exact) mass is 175 g/mol. The fraction of sp³-hybridized carbons (Fsp3) is 0.300. The average Bonchev–Trinajstić information content (AvgIpc) is 2.48. The Morgan fingerprint density at radius 2 is 2.15 bits per heavy atom. The minimum atomic E-state index is 0.944. The van der Waals surface area contributed by atoms with E-state index in [1.807, 2.05) is 18.6 Å². The van der Waals surface area contributed by atoms with E-state index in [2.05, 4.69) is 40.5 Å². The Kier molecular flexibility index (Phi) is 2.02. The lowest BCUT2D eigenvalue weighted by Crippen LogP contribution is -2.12. The zero-order valence-electron chi connectivity index (χ0n) is 7.94. The van der Waals surface area contributed by atoms with Crippen LogP contribution in [0, 0.1) is 0 Å². The number of hydrogen-bond donors (Lipinski definition) is 0. The van der Waals surface area contributed by atoms with Crippen LogP contribution in [0.2, 0.25) is 0 Å². The van der Waals surface area contributed by atoms with E-state index in [-0.39, 0.29) is 0 Å². The smallest absolute Gasteiger partial charge is 0.0993 e. The van der Waals surface area contributed by atoms with Gasteiger partial charge in [-0.2, -0.15) is 0 Å². The molecule has 3 nitrogen and oxygen atoms in total. The normalized spacial score (nSPS) is 11.3. The molecule has 0 unspecified atom stereocenters. The third kappa shape index (κ3) is 1.55. The molecular formula is C10H13N3. The maximum absolute atomic E-state index is 4.10. The van der Waals surface area contributed by atoms with Gasteiger partial charge in [0.1, 0.15) is 0 Å². The van der Waals surface area contributed by atoms with Gasteiger partial charge in [0.05, 0.1) is 6.33 Å². The SMILES string of the molecule is CN(C)Cc1ccc2ccncn12. The molecule has 0 atom stereocenters. The van der Waals surface area contributed by atoms with Crippen LogP contribution in [-0.4, -0.2) is 28.4 Å². The molecule has 0 bridgehead atoms. The predicted molar refractivity (Wildman–Crippen MR) is 52.6 cm³/mol. The molecule has 0 aliphatic carbocycles. The Morgan fingerprint density at radius 3 is 2.92 bits per heavy atom. The van der Waals surface area contributed by atoms with Gasteiger partial charge in [0.15, 0.2) is 0 Å². The topological polar surface area (TPSA) is 20.5 Å². The van der Waals surface area contributed by atoms with Gasteiger partial charge in [0, 0.05) is 24.0 Å². The minimum Gasteiger partial charge on any atom is -0.304 e. The molecule has 0 spiro atoms. The van der Waals surface area contributed by atoms with Crippen molar-refractivity contribution in [1.29, 1.82) is 0 Å². The lowest BCUT2D eigenvalue weighted by atomic mass is 10.4. The Balaban J connectivity index is 2.46. The van der Waals surface area contributed by atoms with Gasteiger partial charge >= 0.3 is 0 Å². The van der Waals surface area contributed by atoms with Crippen LogP contribution >= 0.6 is 0 Å². The van der Waals surface area contributed by atoms with Crippen molar-refractivity contribution in [2.75, 3.05) is 14.1 Å². The van der Waals surface area contributed by atoms with Gasteiger partial charge in [-0.05, 0) is 32.3 Å². The first-order chi connectivity index (χ1) is 6.27. The number of hydrogen-bond acceptors (Lipinski definition) is 2. The Hall–Kier alpha value is -1.35. The van der Waals surface area contributed by atoms with Gasteiger partial charge in [0.25, 0.3) is 0 Å². The largest absolute Gasteiger partial charge is 0.304 e. The summed E-state index contributed by atoms with van der Waals surface area (Å²) in [4.78, 5) is 6.25. The van der Waals surface area contributed by atoms with Crippen LogP contribution in [0.3, 0.4) is 0 Å². The Bertz CT molecular complexity index is 403. The summed E-state index contributed by atoms with van der Waals surface area (Å²) in [5.74, 6) is 0. The van der Waals surface area contributed by atoms with Crippen LogP contribution in [0.5, 0.6) is 0 Å². The van der Waals surface area contributed by atoms with Crippen LogP contribution in [0.4, 0.5) is 0 Å². The summed E-state index contributed by atoms with van der Waals surface area (Å²) in [6.07, 6.45) is 3.67. The van der Waals surface area contributed by atoms with E-state index in [4.69, 9.17) is 0 Å². The molecule has 13 heavy (non-hydrogen) atoms. The molecule has 0 saturated heterocycles. The van der Waals surface area contributed by atoms with Crippen molar-refractivity contribution in [2.45, 2.75) is 6.54 Å². The second-order valence-electron chi connectivity index (χ2n) is 3.44. The zero-order valence-corrected chi connectivity index (χ0v) is 7.94. The molecule has 0 N–H and O–H groups in total. The molecule has 0 radical (unpaired) electrons. The van der Waals surface area contributed by atoms with Crippen molar-refractivity contribution < 1.29 is 0 Å². The van der Waals surface area contributed by atoms with Crippen molar-refractivity contribution in [1.82, 2.24) is 14.3 Å². The Morgan fingerprint density at radius 1 is 1.31 bits per heavy atom. The number of rotatable bonds is 2. The molecule has 0 aliphatic heterocycles. The molecule has 2 aromatic rings. The van der Waals surface area contributed by atoms with Crippen LogP contribution in [0.1, 0.15) is 5.69 Å². The molecule has 0 saturated carbocycles. The summed E-state index contributed by atoms with van der Waals surface area (Å²) < 4.78 is 2.11. The molecule has 0 fully saturated rings. The molecule has 0 amide bonds. The lowest BCUT2D eigenvalue weighted by Gasteiger charge is -2.08. The van der Waals surface area contributed by atoms with E-state index in [0.29, 0.717) is 0 Å². The number of nitrogens with zero attached hydrogens (tertiary/aromatic N) is 3. The molecule has 2 heterocycles. The van der Waals surface area contributed by atoms with Gasteiger partial charge in [-0.1, -0.05) is 0 Å². The lowest BCUT2D eigenvalue weighted by molar-refractivity contribution is 0.395. The first-order valence-corrected chi connectivity index (χ1v) is 4.32. The second kappa shape index (κ2) is 3.18. The first-order valence-electron chi connectivity index (χ1n) is 4.32. The van der Waals surface area contributed by atoms with Crippen molar-refractivity contribution in [3.63, 3.8) is 0 Å². The Labute approximate surface area is 77.6 Å². The van der Waals surface area contributed by atoms with Gasteiger partial charge < -0.3 is 9.30 Å². The fourth-order valence-corrected chi connectivity index (χ4v) is 1.46. The predicted octanol–water partition coefficient (Wildman–Crippen LogP) is 1.40. The summed E-state index contributed by atoms with van der Waals surface area (Å²) in [5.41, 5.74) is 2.47. The quantitative estimate of drug-likeness (QED) is 0.687. The zero-order chi connectivity index (χ0) is 9.26. The van der Waals surface area contributed by atoms with E-state index in [0.717, 1.165) is 6.54 Å². The van der Waals surface area contributed by atoms with E-state index in [9.17, 15) is 0 Å². The number of fused-ring (bicyclic) bond motifs is 1. The summed E-state index contributed by atoms with van der Waals surface area (Å²) in [6, 6.07) is 6.26. The number of aromatic nitrogens is 2. The maximum Gasteiger partial charge on any atom is 0.0993 e. The van der Waals surface area contributed by atoms with Gasteiger partial charge in [-0.25, -0.2) is 4.98 Å². The van der Waals surface area contributed by atoms with Crippen molar-refractivity contribution >= 4 is 5.52 Å². The summed E-state index contributed by atoms with van der Waals surface area (Å²) in [6.45, 7) is 0.944. The van der Waals surface area contributed by atoms with E-state index >= 15 is 0 Å². The highest BCUT2D eigenvalue weighted by atomic mass is 15.1. The van der Waals surface area contributed by atoms with Crippen molar-refractivity contribution in [2.24, 2.45) is 0 Å². The van der Waals surface area contributed by atoms with E-state index in [1.165, 1.54) is 11.2 Å². The minimum absolute atomic E-state index is 0.944. The van der Waals surface area contributed by atoms with Crippen molar-refractivity contribution in [3.05, 3.63) is 36.4 Å². The maximum atomic E-state index is 4.10. The van der Waals surface area contributed by atoms with Gasteiger partial charge in [-0.15, -0.1) is 0 Å². The van der Waals surface area contributed by atoms with Gasteiger partial charge in [0.2, 0.25) is 0 Å². The van der Waals surface area contributed by atoms with Crippen LogP contribution in [-0.2, 0) is 6.54 Å². The highest BCUT2D eigenvalue weighted by Crippen LogP contribution is 2.09. The van der Waals surface area contributed by atoms with Crippen LogP contribution in [0.15, 0.2) is 30.7 Å². The van der Waals surface area contributed by atoms with Crippen molar-refractivity contribution in [3.8, 4) is 0 Å². The van der Waals surface area contributed by atoms with Gasteiger partial charge in [-0.3, -0.25) is 0 Å². The molecular weight excluding hydrogens is 162 g/mol. The standard InChI is InChI=1S/C10H13N3/c1-12(2)7-10-4-3-9-5-6-11-8-13(9)10/h3-6,8H,7H2,1-2H3. The fourth-order valence-electron chi connectivity index (χ4n) is 1.46. The van der Waals surface area contributed by atoms with E-state index < -0.39 is 0 Å². The summed E-state index contributed by atoms with van der Waals surface area (Å²) >= 11 is 0. The third-order valence-corrected chi connectivity index (χ3v) is 2.03. The summed E-state index contributed by atoms with van der Waals surface area (Å²) in [7, 11) is 4.13. The second-order valence-corrected chi connectivity index (χ2v) is 3.44. The molecule has 68 valence electrons. The molecule has 2 rings (SSSR count). The van der Waals surface area contributed by atoms with E-state index in [1.54, 1.807) is 0 Å². The molecule has 0 aliphatic rings. The summed E-state index contributed by atoms with van der Waals surface area (Å²) in [5, 5.41) is 0. The molecule has 0 aromatic carbocycles.